The maximum Gasteiger partial charge on any atom is 0.240 e. The van der Waals surface area contributed by atoms with E-state index < -0.39 is 11.4 Å². The number of hydrogen-bond donors (Lipinski definition) is 2. The molecular weight excluding hydrogens is 285 g/mol. The first-order chi connectivity index (χ1) is 10.4. The van der Waals surface area contributed by atoms with Crippen molar-refractivity contribution in [1.29, 1.82) is 5.26 Å². The van der Waals surface area contributed by atoms with Gasteiger partial charge < -0.3 is 10.6 Å². The first-order valence-electron chi connectivity index (χ1n) is 7.12. The van der Waals surface area contributed by atoms with Gasteiger partial charge in [0.2, 0.25) is 5.91 Å². The second-order valence-electron chi connectivity index (χ2n) is 5.74. The SMILES string of the molecule is CC(=O)c1ccc(F)cc1NCC(=O)N[C@](C)(C#N)C1CC1. The van der Waals surface area contributed by atoms with Crippen molar-refractivity contribution in [3.63, 3.8) is 0 Å². The van der Waals surface area contributed by atoms with E-state index in [1.165, 1.54) is 25.1 Å². The van der Waals surface area contributed by atoms with Crippen LogP contribution in [-0.4, -0.2) is 23.8 Å². The molecule has 1 fully saturated rings. The van der Waals surface area contributed by atoms with Crippen molar-refractivity contribution in [2.75, 3.05) is 11.9 Å². The molecule has 2 N–H and O–H groups in total. The molecule has 0 aliphatic heterocycles. The number of nitrogens with zero attached hydrogens (tertiary/aromatic N) is 1. The van der Waals surface area contributed by atoms with Crippen molar-refractivity contribution in [2.24, 2.45) is 5.92 Å². The minimum absolute atomic E-state index is 0.131. The van der Waals surface area contributed by atoms with Crippen molar-refractivity contribution in [3.8, 4) is 6.07 Å². The lowest BCUT2D eigenvalue weighted by atomic mass is 9.98. The minimum atomic E-state index is -0.871. The second kappa shape index (κ2) is 6.14. The summed E-state index contributed by atoms with van der Waals surface area (Å²) in [5, 5.41) is 14.7. The summed E-state index contributed by atoms with van der Waals surface area (Å²) in [7, 11) is 0. The molecule has 0 unspecified atom stereocenters. The van der Waals surface area contributed by atoms with Crippen LogP contribution in [0.15, 0.2) is 18.2 Å². The zero-order chi connectivity index (χ0) is 16.3. The van der Waals surface area contributed by atoms with Gasteiger partial charge >= 0.3 is 0 Å². The van der Waals surface area contributed by atoms with Crippen LogP contribution in [0.25, 0.3) is 0 Å². The molecule has 6 heteroatoms. The molecule has 1 amide bonds. The Morgan fingerprint density at radius 3 is 2.68 bits per heavy atom. The Hall–Kier alpha value is -2.42. The number of nitriles is 1. The minimum Gasteiger partial charge on any atom is -0.375 e. The van der Waals surface area contributed by atoms with E-state index in [0.29, 0.717) is 5.56 Å². The van der Waals surface area contributed by atoms with Gasteiger partial charge in [0.1, 0.15) is 11.4 Å². The van der Waals surface area contributed by atoms with E-state index in [1.807, 2.05) is 0 Å². The Labute approximate surface area is 128 Å². The summed E-state index contributed by atoms with van der Waals surface area (Å²) in [6, 6.07) is 5.88. The van der Waals surface area contributed by atoms with Gasteiger partial charge in [0.05, 0.1) is 12.6 Å². The van der Waals surface area contributed by atoms with Gasteiger partial charge in [0, 0.05) is 11.3 Å². The van der Waals surface area contributed by atoms with Crippen LogP contribution in [0.2, 0.25) is 0 Å². The Morgan fingerprint density at radius 1 is 1.45 bits per heavy atom. The topological polar surface area (TPSA) is 82.0 Å². The molecule has 0 spiro atoms. The predicted molar refractivity (Wildman–Crippen MR) is 79.8 cm³/mol. The summed E-state index contributed by atoms with van der Waals surface area (Å²) in [5.41, 5.74) is -0.281. The largest absolute Gasteiger partial charge is 0.375 e. The normalized spacial score (nSPS) is 16.3. The quantitative estimate of drug-likeness (QED) is 0.790. The Kier molecular flexibility index (Phi) is 4.45. The van der Waals surface area contributed by atoms with Crippen molar-refractivity contribution < 1.29 is 14.0 Å². The molecular formula is C16H18FN3O2. The molecule has 1 aliphatic rings. The maximum absolute atomic E-state index is 13.3. The Balaban J connectivity index is 2.01. The van der Waals surface area contributed by atoms with Crippen LogP contribution in [0.5, 0.6) is 0 Å². The van der Waals surface area contributed by atoms with Gasteiger partial charge in [-0.1, -0.05) is 0 Å². The lowest BCUT2D eigenvalue weighted by molar-refractivity contribution is -0.120. The van der Waals surface area contributed by atoms with Crippen LogP contribution in [0.4, 0.5) is 10.1 Å². The van der Waals surface area contributed by atoms with Crippen molar-refractivity contribution in [1.82, 2.24) is 5.32 Å². The van der Waals surface area contributed by atoms with Crippen LogP contribution in [-0.2, 0) is 4.79 Å². The number of rotatable bonds is 6. The van der Waals surface area contributed by atoms with E-state index in [2.05, 4.69) is 16.7 Å². The number of carbonyl (C=O) groups is 2. The fraction of sp³-hybridized carbons (Fsp3) is 0.438. The third-order valence-electron chi connectivity index (χ3n) is 3.83. The Morgan fingerprint density at radius 2 is 2.14 bits per heavy atom. The molecule has 1 aromatic carbocycles. The zero-order valence-corrected chi connectivity index (χ0v) is 12.6. The third-order valence-corrected chi connectivity index (χ3v) is 3.83. The number of ketones is 1. The van der Waals surface area contributed by atoms with Gasteiger partial charge in [-0.3, -0.25) is 9.59 Å². The third kappa shape index (κ3) is 3.61. The van der Waals surface area contributed by atoms with Crippen LogP contribution in [0.1, 0.15) is 37.0 Å². The van der Waals surface area contributed by atoms with E-state index in [0.717, 1.165) is 12.8 Å². The highest BCUT2D eigenvalue weighted by molar-refractivity contribution is 6.00. The fourth-order valence-corrected chi connectivity index (χ4v) is 2.36. The summed E-state index contributed by atoms with van der Waals surface area (Å²) >= 11 is 0. The van der Waals surface area contributed by atoms with E-state index in [-0.39, 0.29) is 29.8 Å². The molecule has 0 saturated heterocycles. The van der Waals surface area contributed by atoms with Crippen LogP contribution >= 0.6 is 0 Å². The van der Waals surface area contributed by atoms with Gasteiger partial charge in [0.25, 0.3) is 0 Å². The molecule has 1 aromatic rings. The number of hydrogen-bond acceptors (Lipinski definition) is 4. The molecule has 0 heterocycles. The molecule has 0 radical (unpaired) electrons. The molecule has 22 heavy (non-hydrogen) atoms. The lowest BCUT2D eigenvalue weighted by Gasteiger charge is -2.23. The van der Waals surface area contributed by atoms with Gasteiger partial charge in [-0.25, -0.2) is 4.39 Å². The average Bonchev–Trinajstić information content (AvgIpc) is 3.29. The number of amides is 1. The smallest absolute Gasteiger partial charge is 0.240 e. The number of benzene rings is 1. The highest BCUT2D eigenvalue weighted by Crippen LogP contribution is 2.39. The second-order valence-corrected chi connectivity index (χ2v) is 5.74. The first kappa shape index (κ1) is 16.0. The van der Waals surface area contributed by atoms with Gasteiger partial charge in [-0.05, 0) is 50.8 Å². The van der Waals surface area contributed by atoms with E-state index in [4.69, 9.17) is 0 Å². The molecule has 0 bridgehead atoms. The van der Waals surface area contributed by atoms with Crippen LogP contribution in [0.3, 0.4) is 0 Å². The van der Waals surface area contributed by atoms with Crippen molar-refractivity contribution in [3.05, 3.63) is 29.6 Å². The molecule has 2 rings (SSSR count). The summed E-state index contributed by atoms with van der Waals surface area (Å²) in [4.78, 5) is 23.5. The predicted octanol–water partition coefficient (Wildman–Crippen LogP) is 2.25. The number of carbonyl (C=O) groups excluding carboxylic acids is 2. The molecule has 116 valence electrons. The highest BCUT2D eigenvalue weighted by Gasteiger charge is 2.42. The Bertz CT molecular complexity index is 649. The summed E-state index contributed by atoms with van der Waals surface area (Å²) in [6.07, 6.45) is 1.85. The van der Waals surface area contributed by atoms with Crippen LogP contribution in [0, 0.1) is 23.1 Å². The van der Waals surface area contributed by atoms with Gasteiger partial charge in [-0.2, -0.15) is 5.26 Å². The first-order valence-corrected chi connectivity index (χ1v) is 7.12. The molecule has 5 nitrogen and oxygen atoms in total. The average molecular weight is 303 g/mol. The number of anilines is 1. The standard InChI is InChI=1S/C16H18FN3O2/c1-10(21)13-6-5-12(17)7-14(13)19-8-15(22)20-16(2,9-18)11-3-4-11/h5-7,11,19H,3-4,8H2,1-2H3,(H,20,22)/t16-/m1/s1. The molecule has 0 aromatic heterocycles. The number of nitrogens with one attached hydrogen (secondary N) is 2. The lowest BCUT2D eigenvalue weighted by Crippen LogP contribution is -2.48. The highest BCUT2D eigenvalue weighted by atomic mass is 19.1. The fourth-order valence-electron chi connectivity index (χ4n) is 2.36. The van der Waals surface area contributed by atoms with Crippen molar-refractivity contribution >= 4 is 17.4 Å². The molecule has 1 atom stereocenters. The molecule has 1 aliphatic carbocycles. The number of Topliss-reactive ketones (excluding diaryl/α,β-unsaturated/α-hetero) is 1. The van der Waals surface area contributed by atoms with E-state index in [1.54, 1.807) is 6.92 Å². The maximum atomic E-state index is 13.3. The summed E-state index contributed by atoms with van der Waals surface area (Å²) in [5.74, 6) is -0.895. The van der Waals surface area contributed by atoms with Gasteiger partial charge in [0.15, 0.2) is 5.78 Å². The van der Waals surface area contributed by atoms with Crippen molar-refractivity contribution in [2.45, 2.75) is 32.2 Å². The van der Waals surface area contributed by atoms with E-state index in [9.17, 15) is 19.2 Å². The monoisotopic (exact) mass is 303 g/mol. The van der Waals surface area contributed by atoms with Gasteiger partial charge in [-0.15, -0.1) is 0 Å². The number of halogens is 1. The summed E-state index contributed by atoms with van der Waals surface area (Å²) in [6.45, 7) is 2.94. The summed E-state index contributed by atoms with van der Waals surface area (Å²) < 4.78 is 13.3. The zero-order valence-electron chi connectivity index (χ0n) is 12.6. The molecule has 1 saturated carbocycles. The van der Waals surface area contributed by atoms with E-state index >= 15 is 0 Å². The van der Waals surface area contributed by atoms with Crippen LogP contribution < -0.4 is 10.6 Å².